The Morgan fingerprint density at radius 2 is 1.95 bits per heavy atom. The van der Waals surface area contributed by atoms with Gasteiger partial charge in [0, 0.05) is 17.8 Å². The Kier molecular flexibility index (Phi) is 4.50. The molecule has 1 N–H and O–H groups in total. The number of amides is 1. The van der Waals surface area contributed by atoms with Crippen LogP contribution in [0, 0.1) is 17.0 Å². The topological polar surface area (TPSA) is 81.5 Å². The SMILES string of the molecule is Cc1cc([N+](=O)[O-])ccc1NC(=O)OCc1ccccc1. The van der Waals surface area contributed by atoms with Crippen molar-refractivity contribution in [3.05, 3.63) is 69.8 Å². The molecule has 0 saturated heterocycles. The Labute approximate surface area is 121 Å². The van der Waals surface area contributed by atoms with E-state index in [1.807, 2.05) is 30.3 Å². The third-order valence-corrected chi connectivity index (χ3v) is 2.87. The van der Waals surface area contributed by atoms with E-state index in [9.17, 15) is 14.9 Å². The van der Waals surface area contributed by atoms with Crippen LogP contribution in [0.1, 0.15) is 11.1 Å². The lowest BCUT2D eigenvalue weighted by Gasteiger charge is -2.09. The molecule has 2 aromatic rings. The molecule has 2 rings (SSSR count). The Morgan fingerprint density at radius 1 is 1.24 bits per heavy atom. The molecule has 0 atom stereocenters. The minimum absolute atomic E-state index is 0.0179. The highest BCUT2D eigenvalue weighted by molar-refractivity contribution is 5.85. The highest BCUT2D eigenvalue weighted by atomic mass is 16.6. The average Bonchev–Trinajstić information content (AvgIpc) is 2.48. The Hall–Kier alpha value is -2.89. The largest absolute Gasteiger partial charge is 0.444 e. The smallest absolute Gasteiger partial charge is 0.411 e. The van der Waals surface area contributed by atoms with E-state index in [1.165, 1.54) is 18.2 Å². The number of nitro groups is 1. The van der Waals surface area contributed by atoms with Crippen LogP contribution in [0.25, 0.3) is 0 Å². The van der Waals surface area contributed by atoms with Gasteiger partial charge in [-0.1, -0.05) is 30.3 Å². The van der Waals surface area contributed by atoms with Gasteiger partial charge in [0.1, 0.15) is 6.61 Å². The van der Waals surface area contributed by atoms with Crippen molar-refractivity contribution in [2.24, 2.45) is 0 Å². The predicted octanol–water partition coefficient (Wildman–Crippen LogP) is 3.65. The normalized spacial score (nSPS) is 9.95. The molecule has 6 nitrogen and oxygen atoms in total. The minimum atomic E-state index is -0.601. The van der Waals surface area contributed by atoms with Crippen molar-refractivity contribution in [3.8, 4) is 0 Å². The monoisotopic (exact) mass is 286 g/mol. The number of carbonyl (C=O) groups excluding carboxylic acids is 1. The maximum absolute atomic E-state index is 11.7. The van der Waals surface area contributed by atoms with Gasteiger partial charge >= 0.3 is 6.09 Å². The molecule has 108 valence electrons. The van der Waals surface area contributed by atoms with Crippen molar-refractivity contribution in [1.29, 1.82) is 0 Å². The third-order valence-electron chi connectivity index (χ3n) is 2.87. The van der Waals surface area contributed by atoms with Gasteiger partial charge in [0.05, 0.1) is 4.92 Å². The quantitative estimate of drug-likeness (QED) is 0.687. The number of non-ortho nitro benzene ring substituents is 1. The summed E-state index contributed by atoms with van der Waals surface area (Å²) in [6.45, 7) is 1.85. The fraction of sp³-hybridized carbons (Fsp3) is 0.133. The molecule has 0 heterocycles. The summed E-state index contributed by atoms with van der Waals surface area (Å²) >= 11 is 0. The Bertz CT molecular complexity index is 656. The zero-order valence-electron chi connectivity index (χ0n) is 11.4. The lowest BCUT2D eigenvalue weighted by atomic mass is 10.2. The number of carbonyl (C=O) groups is 1. The van der Waals surface area contributed by atoms with Crippen LogP contribution in [0.5, 0.6) is 0 Å². The highest BCUT2D eigenvalue weighted by Crippen LogP contribution is 2.21. The Balaban J connectivity index is 1.95. The molecule has 0 radical (unpaired) electrons. The highest BCUT2D eigenvalue weighted by Gasteiger charge is 2.10. The van der Waals surface area contributed by atoms with Crippen LogP contribution in [0.4, 0.5) is 16.2 Å². The molecule has 0 aliphatic heterocycles. The van der Waals surface area contributed by atoms with Crippen LogP contribution < -0.4 is 5.32 Å². The summed E-state index contributed by atoms with van der Waals surface area (Å²) in [5.74, 6) is 0. The first-order valence-corrected chi connectivity index (χ1v) is 6.29. The molecule has 6 heteroatoms. The average molecular weight is 286 g/mol. The maximum atomic E-state index is 11.7. The molecule has 0 aliphatic rings. The van der Waals surface area contributed by atoms with Gasteiger partial charge in [0.2, 0.25) is 0 Å². The van der Waals surface area contributed by atoms with Crippen LogP contribution >= 0.6 is 0 Å². The van der Waals surface area contributed by atoms with Crippen molar-refractivity contribution in [2.75, 3.05) is 5.32 Å². The lowest BCUT2D eigenvalue weighted by Crippen LogP contribution is -2.14. The molecule has 21 heavy (non-hydrogen) atoms. The van der Waals surface area contributed by atoms with Crippen molar-refractivity contribution < 1.29 is 14.5 Å². The van der Waals surface area contributed by atoms with Crippen LogP contribution in [-0.4, -0.2) is 11.0 Å². The van der Waals surface area contributed by atoms with Crippen molar-refractivity contribution in [1.82, 2.24) is 0 Å². The van der Waals surface area contributed by atoms with Crippen LogP contribution in [0.2, 0.25) is 0 Å². The van der Waals surface area contributed by atoms with Crippen LogP contribution in [0.3, 0.4) is 0 Å². The third kappa shape index (κ3) is 4.04. The molecular formula is C15H14N2O4. The second-order valence-corrected chi connectivity index (χ2v) is 4.44. The number of anilines is 1. The van der Waals surface area contributed by atoms with Gasteiger partial charge in [-0.05, 0) is 24.1 Å². The van der Waals surface area contributed by atoms with E-state index in [2.05, 4.69) is 5.32 Å². The fourth-order valence-electron chi connectivity index (χ4n) is 1.77. The predicted molar refractivity (Wildman–Crippen MR) is 78.1 cm³/mol. The summed E-state index contributed by atoms with van der Waals surface area (Å²) in [4.78, 5) is 21.8. The van der Waals surface area contributed by atoms with Gasteiger partial charge in [0.25, 0.3) is 5.69 Å². The summed E-state index contributed by atoms with van der Waals surface area (Å²) in [5.41, 5.74) is 1.95. The molecule has 1 amide bonds. The Morgan fingerprint density at radius 3 is 2.57 bits per heavy atom. The van der Waals surface area contributed by atoms with Crippen molar-refractivity contribution in [3.63, 3.8) is 0 Å². The number of hydrogen-bond donors (Lipinski definition) is 1. The molecule has 0 bridgehead atoms. The molecule has 0 aliphatic carbocycles. The van der Waals surface area contributed by atoms with Gasteiger partial charge in [-0.25, -0.2) is 4.79 Å². The van der Waals surface area contributed by atoms with E-state index >= 15 is 0 Å². The maximum Gasteiger partial charge on any atom is 0.411 e. The summed E-state index contributed by atoms with van der Waals surface area (Å²) in [5, 5.41) is 13.2. The fourth-order valence-corrected chi connectivity index (χ4v) is 1.77. The summed E-state index contributed by atoms with van der Waals surface area (Å²) in [7, 11) is 0. The van der Waals surface area contributed by atoms with Crippen molar-refractivity contribution in [2.45, 2.75) is 13.5 Å². The second kappa shape index (κ2) is 6.51. The number of ether oxygens (including phenoxy) is 1. The van der Waals surface area contributed by atoms with Gasteiger partial charge in [-0.3, -0.25) is 15.4 Å². The zero-order chi connectivity index (χ0) is 15.2. The van der Waals surface area contributed by atoms with E-state index in [0.29, 0.717) is 11.3 Å². The van der Waals surface area contributed by atoms with E-state index in [-0.39, 0.29) is 12.3 Å². The van der Waals surface area contributed by atoms with Gasteiger partial charge in [-0.2, -0.15) is 0 Å². The summed E-state index contributed by atoms with van der Waals surface area (Å²) in [6.07, 6.45) is -0.601. The van der Waals surface area contributed by atoms with E-state index in [1.54, 1.807) is 6.92 Å². The molecule has 0 unspecified atom stereocenters. The first kappa shape index (κ1) is 14.5. The first-order chi connectivity index (χ1) is 10.1. The van der Waals surface area contributed by atoms with Gasteiger partial charge in [0.15, 0.2) is 0 Å². The van der Waals surface area contributed by atoms with Crippen LogP contribution in [-0.2, 0) is 11.3 Å². The summed E-state index contributed by atoms with van der Waals surface area (Å²) < 4.78 is 5.08. The molecule has 0 saturated carbocycles. The number of nitrogens with one attached hydrogen (secondary N) is 1. The van der Waals surface area contributed by atoms with Gasteiger partial charge < -0.3 is 4.74 Å². The lowest BCUT2D eigenvalue weighted by molar-refractivity contribution is -0.384. The van der Waals surface area contributed by atoms with Gasteiger partial charge in [-0.15, -0.1) is 0 Å². The number of nitro benzene ring substituents is 1. The number of hydrogen-bond acceptors (Lipinski definition) is 4. The number of benzene rings is 2. The summed E-state index contributed by atoms with van der Waals surface area (Å²) in [6, 6.07) is 13.5. The molecule has 2 aromatic carbocycles. The van der Waals surface area contributed by atoms with Crippen LogP contribution in [0.15, 0.2) is 48.5 Å². The molecule has 0 aromatic heterocycles. The first-order valence-electron chi connectivity index (χ1n) is 6.29. The molecule has 0 spiro atoms. The second-order valence-electron chi connectivity index (χ2n) is 4.44. The zero-order valence-corrected chi connectivity index (χ0v) is 11.4. The molecule has 0 fully saturated rings. The molecular weight excluding hydrogens is 272 g/mol. The van der Waals surface area contributed by atoms with E-state index in [0.717, 1.165) is 5.56 Å². The van der Waals surface area contributed by atoms with E-state index < -0.39 is 11.0 Å². The number of rotatable bonds is 4. The number of nitrogens with zero attached hydrogens (tertiary/aromatic N) is 1. The number of aryl methyl sites for hydroxylation is 1. The standard InChI is InChI=1S/C15H14N2O4/c1-11-9-13(17(19)20)7-8-14(11)16-15(18)21-10-12-5-3-2-4-6-12/h2-9H,10H2,1H3,(H,16,18). The van der Waals surface area contributed by atoms with E-state index in [4.69, 9.17) is 4.74 Å². The van der Waals surface area contributed by atoms with Crippen molar-refractivity contribution >= 4 is 17.5 Å². The minimum Gasteiger partial charge on any atom is -0.444 e.